The van der Waals surface area contributed by atoms with E-state index in [2.05, 4.69) is 0 Å². The number of likely N-dealkylation sites (tertiary alicyclic amines) is 1. The number of alkyl halides is 3. The number of aryl methyl sites for hydroxylation is 1. The minimum absolute atomic E-state index is 0.00899. The normalized spacial score (nSPS) is 15.3. The minimum atomic E-state index is -4.46. The van der Waals surface area contributed by atoms with Gasteiger partial charge in [0.05, 0.1) is 11.5 Å². The van der Waals surface area contributed by atoms with E-state index >= 15 is 0 Å². The van der Waals surface area contributed by atoms with Crippen LogP contribution in [0.5, 0.6) is 5.75 Å². The van der Waals surface area contributed by atoms with Crippen LogP contribution in [0.3, 0.4) is 0 Å². The number of nitrogens with zero attached hydrogens (tertiary/aromatic N) is 1. The van der Waals surface area contributed by atoms with Crippen molar-refractivity contribution in [3.63, 3.8) is 0 Å². The van der Waals surface area contributed by atoms with Crippen molar-refractivity contribution in [3.8, 4) is 5.75 Å². The molecule has 0 bridgehead atoms. The molecule has 0 spiro atoms. The van der Waals surface area contributed by atoms with Crippen LogP contribution in [0.1, 0.15) is 22.3 Å². The molecule has 2 aromatic rings. The van der Waals surface area contributed by atoms with Gasteiger partial charge in [-0.2, -0.15) is 13.2 Å². The molecule has 0 aromatic heterocycles. The quantitative estimate of drug-likeness (QED) is 0.741. The number of carboxylic acid groups (broad SMARTS) is 1. The fourth-order valence-electron chi connectivity index (χ4n) is 3.14. The van der Waals surface area contributed by atoms with Crippen LogP contribution in [0.4, 0.5) is 13.2 Å². The predicted octanol–water partition coefficient (Wildman–Crippen LogP) is 4.76. The molecule has 0 aliphatic carbocycles. The summed E-state index contributed by atoms with van der Waals surface area (Å²) in [5, 5.41) is 8.92. The van der Waals surface area contributed by atoms with Gasteiger partial charge in [-0.25, -0.2) is 0 Å². The van der Waals surface area contributed by atoms with E-state index in [1.807, 2.05) is 24.0 Å². The number of halogens is 4. The molecule has 150 valence electrons. The largest absolute Gasteiger partial charge is 0.489 e. The number of carboxylic acids is 1. The molecule has 0 amide bonds. The summed E-state index contributed by atoms with van der Waals surface area (Å²) in [6.07, 6.45) is -4.46. The Balaban J connectivity index is 1.61. The van der Waals surface area contributed by atoms with Gasteiger partial charge < -0.3 is 9.84 Å². The summed E-state index contributed by atoms with van der Waals surface area (Å²) in [6.45, 7) is 3.53. The Labute approximate surface area is 165 Å². The molecule has 3 rings (SSSR count). The third kappa shape index (κ3) is 4.97. The molecule has 1 fully saturated rings. The molecule has 4 nitrogen and oxygen atoms in total. The lowest BCUT2D eigenvalue weighted by molar-refractivity contribution is -0.147. The van der Waals surface area contributed by atoms with Gasteiger partial charge in [0.1, 0.15) is 12.4 Å². The highest BCUT2D eigenvalue weighted by Gasteiger charge is 2.32. The molecule has 28 heavy (non-hydrogen) atoms. The maximum absolute atomic E-state index is 12.9. The zero-order valence-corrected chi connectivity index (χ0v) is 15.8. The summed E-state index contributed by atoms with van der Waals surface area (Å²) < 4.78 is 44.3. The molecule has 1 aliphatic rings. The number of rotatable bonds is 6. The van der Waals surface area contributed by atoms with Crippen LogP contribution < -0.4 is 4.74 Å². The van der Waals surface area contributed by atoms with Gasteiger partial charge in [-0.1, -0.05) is 23.7 Å². The fourth-order valence-corrected chi connectivity index (χ4v) is 3.40. The molecule has 0 saturated carbocycles. The van der Waals surface area contributed by atoms with Gasteiger partial charge in [0.25, 0.3) is 0 Å². The van der Waals surface area contributed by atoms with E-state index in [-0.39, 0.29) is 17.5 Å². The van der Waals surface area contributed by atoms with Crippen molar-refractivity contribution >= 4 is 17.6 Å². The van der Waals surface area contributed by atoms with Crippen LogP contribution in [0.2, 0.25) is 5.02 Å². The van der Waals surface area contributed by atoms with Gasteiger partial charge in [-0.05, 0) is 47.9 Å². The van der Waals surface area contributed by atoms with Crippen LogP contribution in [0.15, 0.2) is 36.4 Å². The lowest BCUT2D eigenvalue weighted by atomic mass is 9.99. The van der Waals surface area contributed by atoms with E-state index in [1.165, 1.54) is 6.07 Å². The van der Waals surface area contributed by atoms with Crippen molar-refractivity contribution in [1.82, 2.24) is 4.90 Å². The molecule has 1 N–H and O–H groups in total. The average Bonchev–Trinajstić information content (AvgIpc) is 2.55. The molecule has 0 unspecified atom stereocenters. The first kappa shape index (κ1) is 20.5. The van der Waals surface area contributed by atoms with E-state index in [4.69, 9.17) is 21.4 Å². The van der Waals surface area contributed by atoms with Gasteiger partial charge in [0, 0.05) is 24.7 Å². The van der Waals surface area contributed by atoms with Gasteiger partial charge in [0.2, 0.25) is 0 Å². The van der Waals surface area contributed by atoms with Gasteiger partial charge in [-0.15, -0.1) is 0 Å². The van der Waals surface area contributed by atoms with E-state index in [0.29, 0.717) is 30.9 Å². The standard InChI is InChI=1S/C20H19ClF3NO3/c1-12-4-13(8-25-9-15(10-25)19(26)27)2-3-18(12)28-11-14-5-16(20(22,23)24)7-17(21)6-14/h2-7,15H,8-11H2,1H3,(H,26,27). The number of aliphatic carboxylic acids is 1. The van der Waals surface area contributed by atoms with Crippen molar-refractivity contribution in [2.75, 3.05) is 13.1 Å². The second-order valence-electron chi connectivity index (χ2n) is 6.96. The lowest BCUT2D eigenvalue weighted by Gasteiger charge is -2.36. The summed E-state index contributed by atoms with van der Waals surface area (Å²) in [5.74, 6) is -0.502. The molecule has 1 saturated heterocycles. The van der Waals surface area contributed by atoms with E-state index < -0.39 is 17.7 Å². The van der Waals surface area contributed by atoms with Crippen LogP contribution in [-0.2, 0) is 24.1 Å². The van der Waals surface area contributed by atoms with Crippen molar-refractivity contribution in [2.24, 2.45) is 5.92 Å². The number of hydrogen-bond donors (Lipinski definition) is 1. The monoisotopic (exact) mass is 413 g/mol. The molecular weight excluding hydrogens is 395 g/mol. The number of hydrogen-bond acceptors (Lipinski definition) is 3. The Bertz CT molecular complexity index is 879. The van der Waals surface area contributed by atoms with Crippen LogP contribution >= 0.6 is 11.6 Å². The number of benzene rings is 2. The second kappa shape index (κ2) is 8.01. The summed E-state index contributed by atoms with van der Waals surface area (Å²) >= 11 is 5.79. The predicted molar refractivity (Wildman–Crippen MR) is 98.4 cm³/mol. The number of carbonyl (C=O) groups is 1. The van der Waals surface area contributed by atoms with E-state index in [0.717, 1.165) is 23.3 Å². The third-order valence-corrected chi connectivity index (χ3v) is 4.85. The zero-order chi connectivity index (χ0) is 20.5. The molecule has 1 heterocycles. The van der Waals surface area contributed by atoms with E-state index in [1.54, 1.807) is 6.07 Å². The Hall–Kier alpha value is -2.25. The SMILES string of the molecule is Cc1cc(CN2CC(C(=O)O)C2)ccc1OCc1cc(Cl)cc(C(F)(F)F)c1. The van der Waals surface area contributed by atoms with Crippen LogP contribution in [0.25, 0.3) is 0 Å². The summed E-state index contributed by atoms with van der Waals surface area (Å²) in [6, 6.07) is 8.93. The summed E-state index contributed by atoms with van der Waals surface area (Å²) in [5.41, 5.74) is 1.41. The minimum Gasteiger partial charge on any atom is -0.489 e. The molecule has 8 heteroatoms. The fraction of sp³-hybridized carbons (Fsp3) is 0.350. The first-order valence-electron chi connectivity index (χ1n) is 8.66. The second-order valence-corrected chi connectivity index (χ2v) is 7.40. The van der Waals surface area contributed by atoms with Gasteiger partial charge >= 0.3 is 12.1 Å². The highest BCUT2D eigenvalue weighted by Crippen LogP contribution is 2.32. The van der Waals surface area contributed by atoms with Crippen molar-refractivity contribution in [3.05, 3.63) is 63.7 Å². The molecule has 0 atom stereocenters. The highest BCUT2D eigenvalue weighted by molar-refractivity contribution is 6.30. The van der Waals surface area contributed by atoms with Crippen molar-refractivity contribution < 1.29 is 27.8 Å². The van der Waals surface area contributed by atoms with Gasteiger partial charge in [0.15, 0.2) is 0 Å². The Kier molecular flexibility index (Phi) is 5.86. The Morgan fingerprint density at radius 1 is 1.21 bits per heavy atom. The lowest BCUT2D eigenvalue weighted by Crippen LogP contribution is -2.49. The van der Waals surface area contributed by atoms with Crippen molar-refractivity contribution in [1.29, 1.82) is 0 Å². The third-order valence-electron chi connectivity index (χ3n) is 4.63. The zero-order valence-electron chi connectivity index (χ0n) is 15.1. The molecule has 0 radical (unpaired) electrons. The summed E-state index contributed by atoms with van der Waals surface area (Å²) in [7, 11) is 0. The Morgan fingerprint density at radius 3 is 2.54 bits per heavy atom. The first-order chi connectivity index (χ1) is 13.1. The van der Waals surface area contributed by atoms with Crippen LogP contribution in [0, 0.1) is 12.8 Å². The van der Waals surface area contributed by atoms with Crippen LogP contribution in [-0.4, -0.2) is 29.1 Å². The maximum Gasteiger partial charge on any atom is 0.416 e. The highest BCUT2D eigenvalue weighted by atomic mass is 35.5. The van der Waals surface area contributed by atoms with Gasteiger partial charge in [-0.3, -0.25) is 9.69 Å². The summed E-state index contributed by atoms with van der Waals surface area (Å²) in [4.78, 5) is 12.9. The van der Waals surface area contributed by atoms with E-state index in [9.17, 15) is 18.0 Å². The molecule has 2 aromatic carbocycles. The molecule has 1 aliphatic heterocycles. The Morgan fingerprint density at radius 2 is 1.93 bits per heavy atom. The molecular formula is C20H19ClF3NO3. The smallest absolute Gasteiger partial charge is 0.416 e. The maximum atomic E-state index is 12.9. The van der Waals surface area contributed by atoms with Crippen molar-refractivity contribution in [2.45, 2.75) is 26.3 Å². The first-order valence-corrected chi connectivity index (χ1v) is 9.04. The topological polar surface area (TPSA) is 49.8 Å². The average molecular weight is 414 g/mol. The number of ether oxygens (including phenoxy) is 1.